The first-order valence-corrected chi connectivity index (χ1v) is 8.33. The summed E-state index contributed by atoms with van der Waals surface area (Å²) in [6.45, 7) is 5.01. The van der Waals surface area contributed by atoms with E-state index in [0.29, 0.717) is 6.42 Å². The summed E-state index contributed by atoms with van der Waals surface area (Å²) in [6.07, 6.45) is 11.2. The number of amides is 1. The molecule has 1 aliphatic rings. The van der Waals surface area contributed by atoms with Crippen LogP contribution in [0, 0.1) is 11.8 Å². The molecule has 0 saturated carbocycles. The highest BCUT2D eigenvalue weighted by atomic mass is 16.3. The first-order valence-electron chi connectivity index (χ1n) is 8.33. The minimum Gasteiger partial charge on any atom is -0.377 e. The molecule has 0 radical (unpaired) electrons. The molecule has 1 heterocycles. The Morgan fingerprint density at radius 1 is 1.33 bits per heavy atom. The zero-order chi connectivity index (χ0) is 15.5. The Balaban J connectivity index is 2.41. The van der Waals surface area contributed by atoms with Gasteiger partial charge in [-0.25, -0.2) is 0 Å². The van der Waals surface area contributed by atoms with E-state index in [-0.39, 0.29) is 11.9 Å². The fourth-order valence-electron chi connectivity index (χ4n) is 2.62. The van der Waals surface area contributed by atoms with Crippen molar-refractivity contribution in [1.82, 2.24) is 4.90 Å². The predicted molar refractivity (Wildman–Crippen MR) is 86.7 cm³/mol. The molecule has 1 rings (SSSR count). The Morgan fingerprint density at radius 3 is 2.81 bits per heavy atom. The standard InChI is InChI=1S/C18H29NO2/c1-3-5-7-8-9-15-19-16(12-14-18(19)21)11-13-17(20)10-6-4-2/h11,13,16-17,20H,3-5,7-9,12,14-15H2,1-2H3/b13-11+/t16-,17-/m0/s1. The van der Waals surface area contributed by atoms with Crippen LogP contribution in [0.2, 0.25) is 0 Å². The lowest BCUT2D eigenvalue weighted by Gasteiger charge is -2.22. The number of hydrogen-bond acceptors (Lipinski definition) is 2. The summed E-state index contributed by atoms with van der Waals surface area (Å²) >= 11 is 0. The average Bonchev–Trinajstić information content (AvgIpc) is 2.83. The van der Waals surface area contributed by atoms with E-state index in [1.807, 2.05) is 17.9 Å². The van der Waals surface area contributed by atoms with Gasteiger partial charge in [-0.2, -0.15) is 0 Å². The molecule has 0 aromatic rings. The molecule has 3 heteroatoms. The lowest BCUT2D eigenvalue weighted by molar-refractivity contribution is -0.128. The Morgan fingerprint density at radius 2 is 2.10 bits per heavy atom. The fourth-order valence-corrected chi connectivity index (χ4v) is 2.62. The summed E-state index contributed by atoms with van der Waals surface area (Å²) in [5.41, 5.74) is 0. The van der Waals surface area contributed by atoms with Crippen molar-refractivity contribution in [2.75, 3.05) is 6.54 Å². The van der Waals surface area contributed by atoms with Gasteiger partial charge in [0.1, 0.15) is 6.10 Å². The van der Waals surface area contributed by atoms with Gasteiger partial charge in [0.05, 0.1) is 6.04 Å². The van der Waals surface area contributed by atoms with Crippen molar-refractivity contribution in [3.63, 3.8) is 0 Å². The largest absolute Gasteiger partial charge is 0.377 e. The number of aliphatic hydroxyl groups excluding tert-OH is 1. The van der Waals surface area contributed by atoms with Crippen LogP contribution in [-0.2, 0) is 4.79 Å². The highest BCUT2D eigenvalue weighted by Crippen LogP contribution is 2.21. The van der Waals surface area contributed by atoms with Crippen molar-refractivity contribution in [1.29, 1.82) is 0 Å². The number of nitrogens with zero attached hydrogens (tertiary/aromatic N) is 1. The second-order valence-corrected chi connectivity index (χ2v) is 5.61. The van der Waals surface area contributed by atoms with Crippen molar-refractivity contribution in [3.05, 3.63) is 12.2 Å². The average molecular weight is 291 g/mol. The minimum absolute atomic E-state index is 0.141. The van der Waals surface area contributed by atoms with Gasteiger partial charge in [0.25, 0.3) is 0 Å². The van der Waals surface area contributed by atoms with Crippen LogP contribution in [0.5, 0.6) is 0 Å². The number of unbranched alkanes of at least 4 members (excludes halogenated alkanes) is 4. The summed E-state index contributed by atoms with van der Waals surface area (Å²) < 4.78 is 0. The van der Waals surface area contributed by atoms with Crippen LogP contribution in [0.25, 0.3) is 0 Å². The monoisotopic (exact) mass is 291 g/mol. The van der Waals surface area contributed by atoms with Crippen molar-refractivity contribution >= 4 is 5.91 Å². The van der Waals surface area contributed by atoms with E-state index >= 15 is 0 Å². The summed E-state index contributed by atoms with van der Waals surface area (Å²) in [5, 5.41) is 9.70. The van der Waals surface area contributed by atoms with Crippen LogP contribution in [0.3, 0.4) is 0 Å². The lowest BCUT2D eigenvalue weighted by Crippen LogP contribution is -2.32. The molecular weight excluding hydrogens is 262 g/mol. The molecule has 1 saturated heterocycles. The minimum atomic E-state index is -0.716. The normalized spacial score (nSPS) is 19.9. The maximum absolute atomic E-state index is 11.9. The molecule has 0 aromatic heterocycles. The Kier molecular flexibility index (Phi) is 8.85. The third kappa shape index (κ3) is 6.82. The van der Waals surface area contributed by atoms with E-state index in [4.69, 9.17) is 0 Å². The molecule has 3 nitrogen and oxygen atoms in total. The van der Waals surface area contributed by atoms with Gasteiger partial charge in [0.15, 0.2) is 0 Å². The van der Waals surface area contributed by atoms with E-state index < -0.39 is 6.10 Å². The second kappa shape index (κ2) is 10.5. The lowest BCUT2D eigenvalue weighted by atomic mass is 10.1. The molecule has 1 aliphatic heterocycles. The summed E-state index contributed by atoms with van der Waals surface area (Å²) in [7, 11) is 0. The molecule has 118 valence electrons. The maximum atomic E-state index is 11.9. The molecule has 21 heavy (non-hydrogen) atoms. The third-order valence-electron chi connectivity index (χ3n) is 3.82. The summed E-state index contributed by atoms with van der Waals surface area (Å²) in [5.74, 6) is 5.87. The van der Waals surface area contributed by atoms with E-state index in [1.54, 1.807) is 6.08 Å². The van der Waals surface area contributed by atoms with Gasteiger partial charge in [-0.15, -0.1) is 5.92 Å². The summed E-state index contributed by atoms with van der Waals surface area (Å²) in [6, 6.07) is 0.141. The quantitative estimate of drug-likeness (QED) is 0.423. The van der Waals surface area contributed by atoms with Crippen LogP contribution in [0.15, 0.2) is 12.2 Å². The topological polar surface area (TPSA) is 40.5 Å². The molecule has 1 N–H and O–H groups in total. The Bertz CT molecular complexity index is 392. The van der Waals surface area contributed by atoms with Gasteiger partial charge >= 0.3 is 0 Å². The third-order valence-corrected chi connectivity index (χ3v) is 3.82. The number of carbonyl (C=O) groups excluding carboxylic acids is 1. The highest BCUT2D eigenvalue weighted by Gasteiger charge is 2.28. The zero-order valence-corrected chi connectivity index (χ0v) is 13.5. The molecule has 0 aliphatic carbocycles. The molecule has 0 unspecified atom stereocenters. The van der Waals surface area contributed by atoms with Gasteiger partial charge in [-0.1, -0.05) is 51.5 Å². The smallest absolute Gasteiger partial charge is 0.223 e. The van der Waals surface area contributed by atoms with E-state index in [1.165, 1.54) is 25.7 Å². The van der Waals surface area contributed by atoms with Gasteiger partial charge in [0, 0.05) is 19.4 Å². The number of aliphatic hydroxyl groups is 1. The van der Waals surface area contributed by atoms with E-state index in [2.05, 4.69) is 18.8 Å². The SMILES string of the molecule is CCC#C[C@H](O)/C=C/[C@H]1CCC(=O)N1CCCCCCC. The van der Waals surface area contributed by atoms with Crippen LogP contribution in [-0.4, -0.2) is 34.6 Å². The molecular formula is C18H29NO2. The first-order chi connectivity index (χ1) is 10.2. The van der Waals surface area contributed by atoms with Crippen LogP contribution >= 0.6 is 0 Å². The van der Waals surface area contributed by atoms with Gasteiger partial charge in [0.2, 0.25) is 5.91 Å². The molecule has 1 fully saturated rings. The van der Waals surface area contributed by atoms with Crippen LogP contribution in [0.4, 0.5) is 0 Å². The van der Waals surface area contributed by atoms with Crippen molar-refractivity contribution in [2.24, 2.45) is 0 Å². The van der Waals surface area contributed by atoms with Crippen molar-refractivity contribution < 1.29 is 9.90 Å². The van der Waals surface area contributed by atoms with Gasteiger partial charge in [-0.05, 0) is 18.9 Å². The second-order valence-electron chi connectivity index (χ2n) is 5.61. The number of likely N-dealkylation sites (tertiary alicyclic amines) is 1. The summed E-state index contributed by atoms with van der Waals surface area (Å²) in [4.78, 5) is 13.9. The number of carbonyl (C=O) groups is 1. The maximum Gasteiger partial charge on any atom is 0.223 e. The highest BCUT2D eigenvalue weighted by molar-refractivity contribution is 5.79. The number of rotatable bonds is 8. The van der Waals surface area contributed by atoms with Crippen molar-refractivity contribution in [3.8, 4) is 11.8 Å². The van der Waals surface area contributed by atoms with E-state index in [9.17, 15) is 9.90 Å². The molecule has 0 spiro atoms. The first kappa shape index (κ1) is 17.8. The van der Waals surface area contributed by atoms with Crippen LogP contribution in [0.1, 0.15) is 65.2 Å². The Labute approximate surface area is 129 Å². The molecule has 0 aromatic carbocycles. The zero-order valence-electron chi connectivity index (χ0n) is 13.5. The number of hydrogen-bond donors (Lipinski definition) is 1. The predicted octanol–water partition coefficient (Wildman–Crippen LogP) is 3.28. The van der Waals surface area contributed by atoms with E-state index in [0.717, 1.165) is 25.8 Å². The molecule has 0 bridgehead atoms. The fraction of sp³-hybridized carbons (Fsp3) is 0.722. The van der Waals surface area contributed by atoms with Crippen LogP contribution < -0.4 is 0 Å². The van der Waals surface area contributed by atoms with Crippen molar-refractivity contribution in [2.45, 2.75) is 77.4 Å². The molecule has 2 atom stereocenters. The Hall–Kier alpha value is -1.27. The van der Waals surface area contributed by atoms with Gasteiger partial charge < -0.3 is 10.0 Å². The molecule has 1 amide bonds. The van der Waals surface area contributed by atoms with Gasteiger partial charge in [-0.3, -0.25) is 4.79 Å².